The van der Waals surface area contributed by atoms with Crippen LogP contribution in [0.1, 0.15) is 24.2 Å². The Balaban J connectivity index is 2.13. The van der Waals surface area contributed by atoms with E-state index in [1.54, 1.807) is 42.4 Å². The second kappa shape index (κ2) is 7.42. The molecule has 1 aromatic carbocycles. The molecule has 0 saturated carbocycles. The number of furan rings is 1. The van der Waals surface area contributed by atoms with Crippen molar-refractivity contribution in [2.75, 3.05) is 12.0 Å². The van der Waals surface area contributed by atoms with Crippen molar-refractivity contribution < 1.29 is 9.52 Å². The van der Waals surface area contributed by atoms with Gasteiger partial charge in [-0.3, -0.25) is 4.98 Å². The van der Waals surface area contributed by atoms with E-state index in [0.29, 0.717) is 27.2 Å². The summed E-state index contributed by atoms with van der Waals surface area (Å²) in [4.78, 5) is 4.05. The summed E-state index contributed by atoms with van der Waals surface area (Å²) in [6, 6.07) is 9.32. The van der Waals surface area contributed by atoms with E-state index in [9.17, 15) is 5.11 Å². The van der Waals surface area contributed by atoms with Gasteiger partial charge in [0.05, 0.1) is 5.56 Å². The summed E-state index contributed by atoms with van der Waals surface area (Å²) in [5.74, 6) is 0.455. The number of halogens is 1. The van der Waals surface area contributed by atoms with E-state index in [4.69, 9.17) is 21.8 Å². The zero-order chi connectivity index (χ0) is 18.0. The molecule has 0 bridgehead atoms. The standard InChI is InChI=1S/C19H19ClN2O2S/c1-3-15(25-2)12-7-13(9-14(20)8-12)16-17(23)18(24-19(16)21)11-5-4-6-22-10-11/h4-10,15,23H,3,21H2,1-2H3. The molecule has 1 atom stereocenters. The van der Waals surface area contributed by atoms with Crippen LogP contribution in [0, 0.1) is 0 Å². The number of rotatable bonds is 5. The maximum atomic E-state index is 10.7. The molecule has 0 saturated heterocycles. The molecule has 2 heterocycles. The molecule has 3 rings (SSSR count). The Hall–Kier alpha value is -2.11. The summed E-state index contributed by atoms with van der Waals surface area (Å²) in [6.07, 6.45) is 6.32. The quantitative estimate of drug-likeness (QED) is 0.593. The minimum absolute atomic E-state index is 0.00378. The van der Waals surface area contributed by atoms with Gasteiger partial charge in [0.15, 0.2) is 11.5 Å². The Morgan fingerprint density at radius 1 is 1.32 bits per heavy atom. The van der Waals surface area contributed by atoms with Crippen LogP contribution in [0.2, 0.25) is 5.02 Å². The lowest BCUT2D eigenvalue weighted by molar-refractivity contribution is 0.467. The summed E-state index contributed by atoms with van der Waals surface area (Å²) >= 11 is 8.08. The largest absolute Gasteiger partial charge is 0.504 e. The Morgan fingerprint density at radius 2 is 2.12 bits per heavy atom. The molecule has 3 aromatic rings. The molecule has 25 heavy (non-hydrogen) atoms. The van der Waals surface area contributed by atoms with Crippen LogP contribution in [0.15, 0.2) is 47.1 Å². The summed E-state index contributed by atoms with van der Waals surface area (Å²) in [5.41, 5.74) is 9.01. The van der Waals surface area contributed by atoms with E-state index in [2.05, 4.69) is 18.2 Å². The third-order valence-corrected chi connectivity index (χ3v) is 5.46. The Labute approximate surface area is 156 Å². The minimum Gasteiger partial charge on any atom is -0.504 e. The van der Waals surface area contributed by atoms with Gasteiger partial charge in [-0.2, -0.15) is 11.8 Å². The summed E-state index contributed by atoms with van der Waals surface area (Å²) in [5, 5.41) is 11.6. The Morgan fingerprint density at radius 3 is 2.76 bits per heavy atom. The van der Waals surface area contributed by atoms with E-state index in [1.165, 1.54) is 0 Å². The zero-order valence-corrected chi connectivity index (χ0v) is 15.6. The lowest BCUT2D eigenvalue weighted by Crippen LogP contribution is -1.93. The van der Waals surface area contributed by atoms with Crippen molar-refractivity contribution in [2.45, 2.75) is 18.6 Å². The smallest absolute Gasteiger partial charge is 0.202 e. The number of pyridine rings is 1. The van der Waals surface area contributed by atoms with Gasteiger partial charge < -0.3 is 15.3 Å². The third kappa shape index (κ3) is 3.48. The highest BCUT2D eigenvalue weighted by molar-refractivity contribution is 7.98. The Kier molecular flexibility index (Phi) is 5.25. The van der Waals surface area contributed by atoms with Gasteiger partial charge in [0.2, 0.25) is 5.88 Å². The first-order valence-electron chi connectivity index (χ1n) is 7.90. The lowest BCUT2D eigenvalue weighted by atomic mass is 10.0. The number of hydrogen-bond acceptors (Lipinski definition) is 5. The van der Waals surface area contributed by atoms with E-state index >= 15 is 0 Å². The molecule has 1 unspecified atom stereocenters. The van der Waals surface area contributed by atoms with Gasteiger partial charge >= 0.3 is 0 Å². The fourth-order valence-corrected chi connectivity index (χ4v) is 3.88. The number of nitrogen functional groups attached to an aromatic ring is 1. The number of aromatic nitrogens is 1. The molecule has 3 N–H and O–H groups in total. The topological polar surface area (TPSA) is 72.3 Å². The predicted molar refractivity (Wildman–Crippen MR) is 105 cm³/mol. The second-order valence-corrected chi connectivity index (χ2v) is 7.14. The lowest BCUT2D eigenvalue weighted by Gasteiger charge is -2.14. The van der Waals surface area contributed by atoms with Crippen molar-refractivity contribution in [1.29, 1.82) is 0 Å². The number of nitrogens with two attached hydrogens (primary N) is 1. The molecule has 0 fully saturated rings. The van der Waals surface area contributed by atoms with Crippen LogP contribution in [-0.4, -0.2) is 16.3 Å². The molecule has 0 aliphatic rings. The minimum atomic E-state index is -0.00378. The zero-order valence-electron chi connectivity index (χ0n) is 14.0. The molecule has 0 aliphatic heterocycles. The average molecular weight is 375 g/mol. The van der Waals surface area contributed by atoms with Crippen LogP contribution in [0.25, 0.3) is 22.5 Å². The number of anilines is 1. The van der Waals surface area contributed by atoms with Crippen LogP contribution in [0.3, 0.4) is 0 Å². The summed E-state index contributed by atoms with van der Waals surface area (Å²) in [6.45, 7) is 2.13. The average Bonchev–Trinajstić information content (AvgIpc) is 2.91. The van der Waals surface area contributed by atoms with Crippen molar-refractivity contribution in [2.24, 2.45) is 0 Å². The molecule has 0 aliphatic carbocycles. The SMILES string of the molecule is CCC(SC)c1cc(Cl)cc(-c2c(N)oc(-c3cccnc3)c2O)c1. The monoisotopic (exact) mass is 374 g/mol. The fourth-order valence-electron chi connectivity index (χ4n) is 2.89. The van der Waals surface area contributed by atoms with Gasteiger partial charge in [0, 0.05) is 28.2 Å². The highest BCUT2D eigenvalue weighted by Gasteiger charge is 2.22. The van der Waals surface area contributed by atoms with Gasteiger partial charge in [-0.1, -0.05) is 18.5 Å². The second-order valence-electron chi connectivity index (χ2n) is 5.67. The van der Waals surface area contributed by atoms with Gasteiger partial charge in [0.1, 0.15) is 0 Å². The molecule has 0 amide bonds. The highest BCUT2D eigenvalue weighted by atomic mass is 35.5. The molecule has 0 radical (unpaired) electrons. The molecular weight excluding hydrogens is 356 g/mol. The fraction of sp³-hybridized carbons (Fsp3) is 0.211. The van der Waals surface area contributed by atoms with Gasteiger partial charge in [-0.15, -0.1) is 0 Å². The van der Waals surface area contributed by atoms with E-state index < -0.39 is 0 Å². The number of benzene rings is 1. The number of hydrogen-bond donors (Lipinski definition) is 2. The predicted octanol–water partition coefficient (Wildman–Crippen LogP) is 5.76. The van der Waals surface area contributed by atoms with Crippen molar-refractivity contribution in [3.8, 4) is 28.2 Å². The molecular formula is C19H19ClN2O2S. The van der Waals surface area contributed by atoms with Crippen molar-refractivity contribution in [3.05, 3.63) is 53.3 Å². The van der Waals surface area contributed by atoms with Gasteiger partial charge in [0.25, 0.3) is 0 Å². The highest BCUT2D eigenvalue weighted by Crippen LogP contribution is 2.46. The first-order valence-corrected chi connectivity index (χ1v) is 9.57. The molecule has 130 valence electrons. The van der Waals surface area contributed by atoms with Crippen molar-refractivity contribution in [1.82, 2.24) is 4.98 Å². The molecule has 2 aromatic heterocycles. The summed E-state index contributed by atoms with van der Waals surface area (Å²) in [7, 11) is 0. The van der Waals surface area contributed by atoms with E-state index in [0.717, 1.165) is 17.5 Å². The first-order chi connectivity index (χ1) is 12.0. The number of thioether (sulfide) groups is 1. The maximum absolute atomic E-state index is 10.7. The molecule has 0 spiro atoms. The van der Waals surface area contributed by atoms with Crippen LogP contribution in [-0.2, 0) is 0 Å². The maximum Gasteiger partial charge on any atom is 0.202 e. The number of nitrogens with zero attached hydrogens (tertiary/aromatic N) is 1. The molecule has 4 nitrogen and oxygen atoms in total. The number of aromatic hydroxyl groups is 1. The van der Waals surface area contributed by atoms with Gasteiger partial charge in [-0.25, -0.2) is 0 Å². The van der Waals surface area contributed by atoms with Crippen LogP contribution in [0.4, 0.5) is 5.88 Å². The van der Waals surface area contributed by atoms with Gasteiger partial charge in [-0.05, 0) is 54.1 Å². The van der Waals surface area contributed by atoms with Crippen LogP contribution in [0.5, 0.6) is 5.75 Å². The third-order valence-electron chi connectivity index (χ3n) is 4.07. The van der Waals surface area contributed by atoms with Crippen LogP contribution < -0.4 is 5.73 Å². The van der Waals surface area contributed by atoms with E-state index in [-0.39, 0.29) is 11.6 Å². The van der Waals surface area contributed by atoms with Crippen molar-refractivity contribution in [3.63, 3.8) is 0 Å². The molecule has 6 heteroatoms. The Bertz CT molecular complexity index is 877. The van der Waals surface area contributed by atoms with Crippen LogP contribution >= 0.6 is 23.4 Å². The van der Waals surface area contributed by atoms with E-state index in [1.807, 2.05) is 12.1 Å². The normalized spacial score (nSPS) is 12.3. The first kappa shape index (κ1) is 17.7. The van der Waals surface area contributed by atoms with Crippen molar-refractivity contribution >= 4 is 29.2 Å². The summed E-state index contributed by atoms with van der Waals surface area (Å²) < 4.78 is 5.62.